The van der Waals surface area contributed by atoms with E-state index in [-0.39, 0.29) is 23.6 Å². The van der Waals surface area contributed by atoms with Gasteiger partial charge in [0, 0.05) is 46.7 Å². The summed E-state index contributed by atoms with van der Waals surface area (Å²) in [6.45, 7) is 0.789. The first-order valence-electron chi connectivity index (χ1n) is 14.0. The molecule has 0 unspecified atom stereocenters. The molecule has 0 radical (unpaired) electrons. The van der Waals surface area contributed by atoms with Gasteiger partial charge in [-0.05, 0) is 71.8 Å². The van der Waals surface area contributed by atoms with E-state index in [1.807, 2.05) is 60.7 Å². The molecule has 0 saturated carbocycles. The Balaban J connectivity index is 1.15. The third-order valence-corrected chi connectivity index (χ3v) is 6.77. The quantitative estimate of drug-likeness (QED) is 0.160. The second-order valence-corrected chi connectivity index (χ2v) is 9.98. The average Bonchev–Trinajstić information content (AvgIpc) is 3.07. The van der Waals surface area contributed by atoms with Crippen LogP contribution < -0.4 is 21.3 Å². The average molecular weight is 583 g/mol. The van der Waals surface area contributed by atoms with Gasteiger partial charge in [0.2, 0.25) is 0 Å². The molecule has 0 heterocycles. The first-order valence-corrected chi connectivity index (χ1v) is 14.0. The van der Waals surface area contributed by atoms with E-state index in [0.717, 1.165) is 11.1 Å². The van der Waals surface area contributed by atoms with Crippen LogP contribution in [0, 0.1) is 0 Å². The summed E-state index contributed by atoms with van der Waals surface area (Å²) in [4.78, 5) is 51.0. The first-order chi connectivity index (χ1) is 21.4. The minimum absolute atomic E-state index is 0.251. The summed E-state index contributed by atoms with van der Waals surface area (Å²) >= 11 is 0. The van der Waals surface area contributed by atoms with E-state index in [1.54, 1.807) is 72.8 Å². The van der Waals surface area contributed by atoms with Crippen molar-refractivity contribution in [3.8, 4) is 0 Å². The maximum atomic E-state index is 12.9. The van der Waals surface area contributed by atoms with Gasteiger partial charge in [0.15, 0.2) is 0 Å². The fourth-order valence-electron chi connectivity index (χ4n) is 4.42. The zero-order chi connectivity index (χ0) is 30.7. The molecule has 44 heavy (non-hydrogen) atoms. The van der Waals surface area contributed by atoms with Gasteiger partial charge in [0.1, 0.15) is 0 Å². The summed E-state index contributed by atoms with van der Waals surface area (Å²) in [6.07, 6.45) is 0. The van der Waals surface area contributed by atoms with E-state index < -0.39 is 0 Å². The van der Waals surface area contributed by atoms with Crippen molar-refractivity contribution < 1.29 is 19.2 Å². The maximum absolute atomic E-state index is 12.9. The van der Waals surface area contributed by atoms with Crippen molar-refractivity contribution in [3.05, 3.63) is 167 Å². The van der Waals surface area contributed by atoms with Crippen LogP contribution in [-0.2, 0) is 13.1 Å². The second kappa shape index (κ2) is 14.2. The smallest absolute Gasteiger partial charge is 0.255 e. The summed E-state index contributed by atoms with van der Waals surface area (Å²) in [7, 11) is 0. The number of anilines is 2. The van der Waals surface area contributed by atoms with Crippen LogP contribution in [0.3, 0.4) is 0 Å². The maximum Gasteiger partial charge on any atom is 0.255 e. The second-order valence-electron chi connectivity index (χ2n) is 9.98. The number of nitrogens with one attached hydrogen (secondary N) is 4. The highest BCUT2D eigenvalue weighted by atomic mass is 16.2. The molecule has 8 heteroatoms. The number of amides is 4. The molecule has 4 amide bonds. The molecule has 0 fully saturated rings. The molecule has 0 atom stereocenters. The Bertz CT molecular complexity index is 1640. The van der Waals surface area contributed by atoms with Crippen LogP contribution in [0.1, 0.15) is 52.6 Å². The van der Waals surface area contributed by atoms with Crippen molar-refractivity contribution >= 4 is 35.0 Å². The van der Waals surface area contributed by atoms with Crippen LogP contribution in [0.4, 0.5) is 11.4 Å². The fourth-order valence-corrected chi connectivity index (χ4v) is 4.42. The summed E-state index contributed by atoms with van der Waals surface area (Å²) in [6, 6.07) is 38.7. The summed E-state index contributed by atoms with van der Waals surface area (Å²) < 4.78 is 0. The van der Waals surface area contributed by atoms with Gasteiger partial charge in [-0.2, -0.15) is 0 Å². The SMILES string of the molecule is O=C(NCc1ccccc1)c1cccc(NC(=O)c2ccc(C(=O)Nc3cccc(C(=O)NCc4ccccc4)c3)cc2)c1. The Morgan fingerprint density at radius 2 is 0.773 bits per heavy atom. The molecular weight excluding hydrogens is 552 g/mol. The molecule has 0 aliphatic carbocycles. The monoisotopic (exact) mass is 582 g/mol. The molecular formula is C36H30N4O4. The highest BCUT2D eigenvalue weighted by Gasteiger charge is 2.13. The van der Waals surface area contributed by atoms with Crippen molar-refractivity contribution in [1.82, 2.24) is 10.6 Å². The summed E-state index contributed by atoms with van der Waals surface area (Å²) in [5, 5.41) is 11.3. The lowest BCUT2D eigenvalue weighted by molar-refractivity contribution is 0.0943. The molecule has 0 aromatic heterocycles. The van der Waals surface area contributed by atoms with Crippen molar-refractivity contribution in [3.63, 3.8) is 0 Å². The molecule has 4 N–H and O–H groups in total. The Hall–Kier alpha value is -6.02. The number of hydrogen-bond acceptors (Lipinski definition) is 4. The van der Waals surface area contributed by atoms with Crippen LogP contribution in [0.5, 0.6) is 0 Å². The van der Waals surface area contributed by atoms with Crippen LogP contribution in [0.2, 0.25) is 0 Å². The van der Waals surface area contributed by atoms with Gasteiger partial charge >= 0.3 is 0 Å². The number of hydrogen-bond donors (Lipinski definition) is 4. The number of carbonyl (C=O) groups is 4. The van der Waals surface area contributed by atoms with E-state index >= 15 is 0 Å². The predicted molar refractivity (Wildman–Crippen MR) is 170 cm³/mol. The van der Waals surface area contributed by atoms with Crippen molar-refractivity contribution in [1.29, 1.82) is 0 Å². The minimum atomic E-state index is -0.381. The molecule has 5 rings (SSSR count). The Morgan fingerprint density at radius 1 is 0.386 bits per heavy atom. The molecule has 5 aromatic rings. The molecule has 0 aliphatic rings. The van der Waals surface area contributed by atoms with E-state index in [1.165, 1.54) is 0 Å². The fraction of sp³-hybridized carbons (Fsp3) is 0.0556. The van der Waals surface area contributed by atoms with E-state index in [2.05, 4.69) is 21.3 Å². The zero-order valence-electron chi connectivity index (χ0n) is 23.7. The molecule has 5 aromatic carbocycles. The van der Waals surface area contributed by atoms with Crippen molar-refractivity contribution in [2.45, 2.75) is 13.1 Å². The number of rotatable bonds is 10. The third-order valence-electron chi connectivity index (χ3n) is 6.77. The summed E-state index contributed by atoms with van der Waals surface area (Å²) in [5.74, 6) is -1.27. The van der Waals surface area contributed by atoms with Gasteiger partial charge in [-0.15, -0.1) is 0 Å². The van der Waals surface area contributed by atoms with Crippen LogP contribution >= 0.6 is 0 Å². The Labute approximate surface area is 255 Å². The van der Waals surface area contributed by atoms with Gasteiger partial charge in [-0.3, -0.25) is 19.2 Å². The summed E-state index contributed by atoms with van der Waals surface area (Å²) in [5.41, 5.74) is 4.44. The van der Waals surface area contributed by atoms with E-state index in [0.29, 0.717) is 46.7 Å². The lowest BCUT2D eigenvalue weighted by Crippen LogP contribution is -2.23. The van der Waals surface area contributed by atoms with Gasteiger partial charge in [-0.1, -0.05) is 72.8 Å². The largest absolute Gasteiger partial charge is 0.348 e. The van der Waals surface area contributed by atoms with Crippen LogP contribution in [-0.4, -0.2) is 23.6 Å². The molecule has 0 saturated heterocycles. The van der Waals surface area contributed by atoms with Crippen LogP contribution in [0.25, 0.3) is 0 Å². The minimum Gasteiger partial charge on any atom is -0.348 e. The Kier molecular flexibility index (Phi) is 9.54. The lowest BCUT2D eigenvalue weighted by atomic mass is 10.1. The number of carbonyl (C=O) groups excluding carboxylic acids is 4. The van der Waals surface area contributed by atoms with Crippen molar-refractivity contribution in [2.75, 3.05) is 10.6 Å². The van der Waals surface area contributed by atoms with Crippen molar-refractivity contribution in [2.24, 2.45) is 0 Å². The highest BCUT2D eigenvalue weighted by molar-refractivity contribution is 6.08. The molecule has 0 bridgehead atoms. The van der Waals surface area contributed by atoms with Gasteiger partial charge in [0.05, 0.1) is 0 Å². The normalized spacial score (nSPS) is 10.4. The first kappa shape index (κ1) is 29.5. The Morgan fingerprint density at radius 3 is 1.16 bits per heavy atom. The molecule has 218 valence electrons. The third kappa shape index (κ3) is 8.04. The predicted octanol–water partition coefficient (Wildman–Crippen LogP) is 6.05. The lowest BCUT2D eigenvalue weighted by Gasteiger charge is -2.10. The van der Waals surface area contributed by atoms with Crippen LogP contribution in [0.15, 0.2) is 133 Å². The van der Waals surface area contributed by atoms with E-state index in [4.69, 9.17) is 0 Å². The standard InChI is InChI=1S/C36H30N4O4/c41-33(37-23-25-9-3-1-4-10-25)29-13-7-15-31(21-29)39-35(43)27-17-19-28(20-18-27)36(44)40-32-16-8-14-30(22-32)34(42)38-24-26-11-5-2-6-12-26/h1-22H,23-24H2,(H,37,41)(H,38,42)(H,39,43)(H,40,44). The molecule has 0 spiro atoms. The number of benzene rings is 5. The van der Waals surface area contributed by atoms with E-state index in [9.17, 15) is 19.2 Å². The van der Waals surface area contributed by atoms with Gasteiger partial charge in [-0.25, -0.2) is 0 Å². The van der Waals surface area contributed by atoms with Gasteiger partial charge < -0.3 is 21.3 Å². The molecule has 0 aliphatic heterocycles. The topological polar surface area (TPSA) is 116 Å². The van der Waals surface area contributed by atoms with Gasteiger partial charge in [0.25, 0.3) is 23.6 Å². The molecule has 8 nitrogen and oxygen atoms in total. The highest BCUT2D eigenvalue weighted by Crippen LogP contribution is 2.16. The zero-order valence-corrected chi connectivity index (χ0v) is 23.7.